The van der Waals surface area contributed by atoms with Gasteiger partial charge in [-0.2, -0.15) is 0 Å². The molecule has 122 valence electrons. The highest BCUT2D eigenvalue weighted by molar-refractivity contribution is 5.86. The van der Waals surface area contributed by atoms with E-state index in [9.17, 15) is 4.79 Å². The molecule has 2 aromatic carbocycles. The second-order valence-electron chi connectivity index (χ2n) is 5.64. The first-order chi connectivity index (χ1) is 11.6. The van der Waals surface area contributed by atoms with Crippen LogP contribution in [0, 0.1) is 13.8 Å². The Morgan fingerprint density at radius 1 is 1.04 bits per heavy atom. The average Bonchev–Trinajstić information content (AvgIpc) is 2.95. The molecular weight excluding hydrogens is 304 g/mol. The fourth-order valence-corrected chi connectivity index (χ4v) is 2.94. The fourth-order valence-electron chi connectivity index (χ4n) is 2.94. The van der Waals surface area contributed by atoms with E-state index < -0.39 is 11.8 Å². The number of hydrogen-bond acceptors (Lipinski definition) is 4. The Morgan fingerprint density at radius 3 is 2.21 bits per heavy atom. The molecule has 5 heteroatoms. The van der Waals surface area contributed by atoms with Crippen LogP contribution in [-0.2, 0) is 4.79 Å². The number of carbonyl (C=O) groups excluding carboxylic acids is 1. The Hall–Kier alpha value is -2.92. The van der Waals surface area contributed by atoms with Crippen molar-refractivity contribution in [3.8, 4) is 11.1 Å². The molecule has 1 unspecified atom stereocenters. The molecule has 0 radical (unpaired) electrons. The molecule has 1 atom stereocenters. The number of amides is 1. The van der Waals surface area contributed by atoms with Crippen LogP contribution in [0.25, 0.3) is 11.1 Å². The topological polar surface area (TPSA) is 75.4 Å². The zero-order valence-corrected chi connectivity index (χ0v) is 13.5. The van der Waals surface area contributed by atoms with Gasteiger partial charge in [0, 0.05) is 5.56 Å². The smallest absolute Gasteiger partial charge is 0.255 e. The van der Waals surface area contributed by atoms with Gasteiger partial charge in [-0.25, -0.2) is 5.48 Å². The lowest BCUT2D eigenvalue weighted by atomic mass is 9.89. The molecule has 1 heterocycles. The molecule has 5 nitrogen and oxygen atoms in total. The summed E-state index contributed by atoms with van der Waals surface area (Å²) in [5.41, 5.74) is 6.13. The normalized spacial score (nSPS) is 12.0. The molecule has 1 amide bonds. The molecule has 2 N–H and O–H groups in total. The van der Waals surface area contributed by atoms with Crippen molar-refractivity contribution in [2.24, 2.45) is 0 Å². The first-order valence-corrected chi connectivity index (χ1v) is 7.64. The van der Waals surface area contributed by atoms with Gasteiger partial charge in [0.1, 0.15) is 5.76 Å². The lowest BCUT2D eigenvalue weighted by Gasteiger charge is -2.16. The summed E-state index contributed by atoms with van der Waals surface area (Å²) in [6.45, 7) is 3.76. The van der Waals surface area contributed by atoms with Crippen molar-refractivity contribution in [3.05, 3.63) is 77.2 Å². The maximum atomic E-state index is 12.1. The van der Waals surface area contributed by atoms with Crippen LogP contribution in [0.4, 0.5) is 0 Å². The summed E-state index contributed by atoms with van der Waals surface area (Å²) < 4.78 is 5.21. The third-order valence-electron chi connectivity index (χ3n) is 4.07. The summed E-state index contributed by atoms with van der Waals surface area (Å²) in [5.74, 6) is -0.283. The SMILES string of the molecule is Cc1noc(C)c1-c1ccc(C(C(=O)NO)c2ccccc2)cc1. The molecule has 0 saturated heterocycles. The Bertz CT molecular complexity index is 819. The van der Waals surface area contributed by atoms with Crippen LogP contribution in [0.2, 0.25) is 0 Å². The van der Waals surface area contributed by atoms with Crippen LogP contribution >= 0.6 is 0 Å². The first-order valence-electron chi connectivity index (χ1n) is 7.64. The second-order valence-corrected chi connectivity index (χ2v) is 5.64. The fraction of sp³-hybridized carbons (Fsp3) is 0.158. The summed E-state index contributed by atoms with van der Waals surface area (Å²) in [4.78, 5) is 12.1. The second kappa shape index (κ2) is 6.68. The standard InChI is InChI=1S/C19H18N2O3/c1-12-17(13(2)24-21-12)15-8-10-16(11-9-15)18(19(22)20-23)14-6-4-3-5-7-14/h3-11,18,23H,1-2H3,(H,20,22). The highest BCUT2D eigenvalue weighted by Gasteiger charge is 2.22. The van der Waals surface area contributed by atoms with Gasteiger partial charge in [-0.3, -0.25) is 10.0 Å². The van der Waals surface area contributed by atoms with Gasteiger partial charge in [-0.15, -0.1) is 0 Å². The van der Waals surface area contributed by atoms with E-state index in [2.05, 4.69) is 5.16 Å². The zero-order chi connectivity index (χ0) is 17.1. The summed E-state index contributed by atoms with van der Waals surface area (Å²) in [7, 11) is 0. The highest BCUT2D eigenvalue weighted by Crippen LogP contribution is 2.30. The first kappa shape index (κ1) is 16.0. The highest BCUT2D eigenvalue weighted by atomic mass is 16.5. The van der Waals surface area contributed by atoms with Gasteiger partial charge in [0.25, 0.3) is 5.91 Å². The average molecular weight is 322 g/mol. The van der Waals surface area contributed by atoms with Gasteiger partial charge in [-0.1, -0.05) is 59.8 Å². The Kier molecular flexibility index (Phi) is 4.44. The molecule has 0 aliphatic heterocycles. The molecule has 24 heavy (non-hydrogen) atoms. The maximum absolute atomic E-state index is 12.1. The van der Waals surface area contributed by atoms with Crippen LogP contribution in [0.5, 0.6) is 0 Å². The van der Waals surface area contributed by atoms with Crippen LogP contribution < -0.4 is 5.48 Å². The molecular formula is C19H18N2O3. The number of nitrogens with zero attached hydrogens (tertiary/aromatic N) is 1. The number of aromatic nitrogens is 1. The van der Waals surface area contributed by atoms with Crippen LogP contribution in [-0.4, -0.2) is 16.3 Å². The van der Waals surface area contributed by atoms with Crippen molar-refractivity contribution >= 4 is 5.91 Å². The quantitative estimate of drug-likeness (QED) is 0.568. The van der Waals surface area contributed by atoms with E-state index in [1.807, 2.05) is 68.4 Å². The largest absolute Gasteiger partial charge is 0.361 e. The van der Waals surface area contributed by atoms with Crippen molar-refractivity contribution in [3.63, 3.8) is 0 Å². The number of aryl methyl sites for hydroxylation is 2. The van der Waals surface area contributed by atoms with E-state index in [0.29, 0.717) is 0 Å². The van der Waals surface area contributed by atoms with Gasteiger partial charge in [-0.05, 0) is 30.5 Å². The lowest BCUT2D eigenvalue weighted by molar-refractivity contribution is -0.129. The van der Waals surface area contributed by atoms with Crippen LogP contribution in [0.15, 0.2) is 59.1 Å². The molecule has 0 fully saturated rings. The van der Waals surface area contributed by atoms with E-state index in [1.54, 1.807) is 5.48 Å². The van der Waals surface area contributed by atoms with E-state index in [-0.39, 0.29) is 0 Å². The number of rotatable bonds is 4. The number of nitrogens with one attached hydrogen (secondary N) is 1. The van der Waals surface area contributed by atoms with Gasteiger partial charge in [0.2, 0.25) is 0 Å². The molecule has 3 aromatic rings. The van der Waals surface area contributed by atoms with E-state index in [0.717, 1.165) is 33.7 Å². The van der Waals surface area contributed by atoms with Crippen molar-refractivity contribution in [1.82, 2.24) is 10.6 Å². The Morgan fingerprint density at radius 2 is 1.67 bits per heavy atom. The summed E-state index contributed by atoms with van der Waals surface area (Å²) >= 11 is 0. The molecule has 0 spiro atoms. The van der Waals surface area contributed by atoms with Gasteiger partial charge in [0.05, 0.1) is 11.6 Å². The number of carbonyl (C=O) groups is 1. The number of hydroxylamine groups is 1. The van der Waals surface area contributed by atoms with Crippen molar-refractivity contribution in [1.29, 1.82) is 0 Å². The molecule has 0 aliphatic carbocycles. The van der Waals surface area contributed by atoms with Gasteiger partial charge < -0.3 is 4.52 Å². The Labute approximate surface area is 139 Å². The van der Waals surface area contributed by atoms with Crippen molar-refractivity contribution in [2.75, 3.05) is 0 Å². The molecule has 3 rings (SSSR count). The van der Waals surface area contributed by atoms with Gasteiger partial charge in [0.15, 0.2) is 0 Å². The number of benzene rings is 2. The van der Waals surface area contributed by atoms with E-state index in [4.69, 9.17) is 9.73 Å². The minimum absolute atomic E-state index is 0.466. The van der Waals surface area contributed by atoms with Crippen LogP contribution in [0.1, 0.15) is 28.5 Å². The van der Waals surface area contributed by atoms with Crippen molar-refractivity contribution in [2.45, 2.75) is 19.8 Å². The summed E-state index contributed by atoms with van der Waals surface area (Å²) in [5, 5.41) is 13.1. The summed E-state index contributed by atoms with van der Waals surface area (Å²) in [6.07, 6.45) is 0. The lowest BCUT2D eigenvalue weighted by Crippen LogP contribution is -2.27. The zero-order valence-electron chi connectivity index (χ0n) is 13.5. The molecule has 0 saturated carbocycles. The predicted octanol–water partition coefficient (Wildman–Crippen LogP) is 3.60. The Balaban J connectivity index is 2.00. The third kappa shape index (κ3) is 2.94. The monoisotopic (exact) mass is 322 g/mol. The minimum Gasteiger partial charge on any atom is -0.361 e. The third-order valence-corrected chi connectivity index (χ3v) is 4.07. The summed E-state index contributed by atoms with van der Waals surface area (Å²) in [6, 6.07) is 17.0. The number of hydrogen-bond donors (Lipinski definition) is 2. The molecule has 0 bridgehead atoms. The van der Waals surface area contributed by atoms with E-state index >= 15 is 0 Å². The predicted molar refractivity (Wildman–Crippen MR) is 89.6 cm³/mol. The van der Waals surface area contributed by atoms with E-state index in [1.165, 1.54) is 0 Å². The van der Waals surface area contributed by atoms with Crippen molar-refractivity contribution < 1.29 is 14.5 Å². The molecule has 0 aliphatic rings. The van der Waals surface area contributed by atoms with Gasteiger partial charge >= 0.3 is 0 Å². The van der Waals surface area contributed by atoms with Crippen LogP contribution in [0.3, 0.4) is 0 Å². The molecule has 1 aromatic heterocycles. The maximum Gasteiger partial charge on any atom is 0.255 e. The minimum atomic E-state index is -0.574.